The number of aliphatic carboxylic acids is 1. The maximum atomic E-state index is 12.9. The van der Waals surface area contributed by atoms with Gasteiger partial charge in [-0.2, -0.15) is 0 Å². The molecule has 4 nitrogen and oxygen atoms in total. The minimum atomic E-state index is -1.18. The Bertz CT molecular complexity index is 330. The smallest absolute Gasteiger partial charge is 0.324 e. The van der Waals surface area contributed by atoms with Crippen molar-refractivity contribution in [3.63, 3.8) is 0 Å². The van der Waals surface area contributed by atoms with Crippen molar-refractivity contribution >= 4 is 5.97 Å². The fraction of sp³-hybridized carbons (Fsp3) is 0.222. The minimum Gasteiger partial charge on any atom is -0.488 e. The number of ether oxygens (including phenoxy) is 1. The zero-order valence-corrected chi connectivity index (χ0v) is 7.31. The van der Waals surface area contributed by atoms with Crippen LogP contribution < -0.4 is 10.5 Å². The van der Waals surface area contributed by atoms with Crippen LogP contribution in [0.15, 0.2) is 24.3 Å². The molecular weight excluding hydrogens is 189 g/mol. The van der Waals surface area contributed by atoms with E-state index in [1.54, 1.807) is 6.07 Å². The Morgan fingerprint density at radius 2 is 2.21 bits per heavy atom. The van der Waals surface area contributed by atoms with Crippen LogP contribution in [0.2, 0.25) is 0 Å². The summed E-state index contributed by atoms with van der Waals surface area (Å²) in [5.41, 5.74) is 5.17. The predicted octanol–water partition coefficient (Wildman–Crippen LogP) is 0.616. The number of carbonyl (C=O) groups is 1. The number of carboxylic acid groups (broad SMARTS) is 1. The molecule has 0 aliphatic rings. The molecule has 14 heavy (non-hydrogen) atoms. The monoisotopic (exact) mass is 199 g/mol. The van der Waals surface area contributed by atoms with Crippen LogP contribution in [0.1, 0.15) is 0 Å². The fourth-order valence-corrected chi connectivity index (χ4v) is 0.813. The van der Waals surface area contributed by atoms with Gasteiger partial charge in [0.25, 0.3) is 0 Å². The van der Waals surface area contributed by atoms with Crippen LogP contribution in [0.3, 0.4) is 0 Å². The summed E-state index contributed by atoms with van der Waals surface area (Å²) in [6.07, 6.45) is 0. The molecule has 0 radical (unpaired) electrons. The van der Waals surface area contributed by atoms with Gasteiger partial charge in [0.15, 0.2) is 11.6 Å². The maximum absolute atomic E-state index is 12.9. The first-order valence-electron chi connectivity index (χ1n) is 3.97. The molecule has 0 aliphatic heterocycles. The summed E-state index contributed by atoms with van der Waals surface area (Å²) >= 11 is 0. The van der Waals surface area contributed by atoms with Gasteiger partial charge in [0.1, 0.15) is 12.6 Å². The summed E-state index contributed by atoms with van der Waals surface area (Å²) in [5.74, 6) is -1.71. The van der Waals surface area contributed by atoms with Crippen molar-refractivity contribution < 1.29 is 19.0 Å². The van der Waals surface area contributed by atoms with E-state index in [2.05, 4.69) is 0 Å². The van der Waals surface area contributed by atoms with Crippen molar-refractivity contribution in [2.24, 2.45) is 5.73 Å². The zero-order chi connectivity index (χ0) is 10.6. The van der Waals surface area contributed by atoms with Crippen molar-refractivity contribution in [3.8, 4) is 5.75 Å². The van der Waals surface area contributed by atoms with Gasteiger partial charge in [-0.15, -0.1) is 0 Å². The van der Waals surface area contributed by atoms with Gasteiger partial charge >= 0.3 is 5.97 Å². The average molecular weight is 199 g/mol. The standard InChI is InChI=1S/C9H10FNO3/c10-6-3-1-2-4-8(6)14-5-7(11)9(12)13/h1-4,7H,5,11H2,(H,12,13)/t7-/m1/s1. The van der Waals surface area contributed by atoms with Gasteiger partial charge in [0, 0.05) is 0 Å². The van der Waals surface area contributed by atoms with Crippen molar-refractivity contribution in [1.82, 2.24) is 0 Å². The number of rotatable bonds is 4. The maximum Gasteiger partial charge on any atom is 0.324 e. The summed E-state index contributed by atoms with van der Waals surface area (Å²) in [4.78, 5) is 10.3. The van der Waals surface area contributed by atoms with Gasteiger partial charge in [-0.3, -0.25) is 4.79 Å². The van der Waals surface area contributed by atoms with Gasteiger partial charge in [0.05, 0.1) is 0 Å². The topological polar surface area (TPSA) is 72.5 Å². The van der Waals surface area contributed by atoms with Crippen molar-refractivity contribution in [2.45, 2.75) is 6.04 Å². The number of nitrogens with two attached hydrogens (primary N) is 1. The number of hydrogen-bond acceptors (Lipinski definition) is 3. The highest BCUT2D eigenvalue weighted by atomic mass is 19.1. The van der Waals surface area contributed by atoms with Crippen LogP contribution in [0.25, 0.3) is 0 Å². The minimum absolute atomic E-state index is 0.00389. The van der Waals surface area contributed by atoms with Crippen LogP contribution in [0, 0.1) is 5.82 Å². The molecule has 0 unspecified atom stereocenters. The first-order chi connectivity index (χ1) is 6.61. The van der Waals surface area contributed by atoms with Crippen LogP contribution >= 0.6 is 0 Å². The molecule has 0 bridgehead atoms. The second-order valence-electron chi connectivity index (χ2n) is 2.69. The summed E-state index contributed by atoms with van der Waals surface area (Å²) < 4.78 is 17.8. The SMILES string of the molecule is N[C@H](COc1ccccc1F)C(=O)O. The Balaban J connectivity index is 2.54. The molecule has 0 saturated heterocycles. The molecule has 0 spiro atoms. The highest BCUT2D eigenvalue weighted by Crippen LogP contribution is 2.15. The highest BCUT2D eigenvalue weighted by Gasteiger charge is 2.12. The second-order valence-corrected chi connectivity index (χ2v) is 2.69. The van der Waals surface area contributed by atoms with Gasteiger partial charge in [-0.05, 0) is 12.1 Å². The summed E-state index contributed by atoms with van der Waals surface area (Å²) in [6, 6.07) is 4.59. The predicted molar refractivity (Wildman–Crippen MR) is 47.5 cm³/mol. The van der Waals surface area contributed by atoms with E-state index in [0.29, 0.717) is 0 Å². The Kier molecular flexibility index (Phi) is 3.41. The summed E-state index contributed by atoms with van der Waals surface area (Å²) in [7, 11) is 0. The Hall–Kier alpha value is -1.62. The van der Waals surface area contributed by atoms with E-state index in [4.69, 9.17) is 15.6 Å². The molecule has 0 amide bonds. The lowest BCUT2D eigenvalue weighted by Gasteiger charge is -2.09. The van der Waals surface area contributed by atoms with Crippen LogP contribution in [-0.2, 0) is 4.79 Å². The summed E-state index contributed by atoms with van der Waals surface area (Å²) in [6.45, 7) is -0.254. The molecule has 0 heterocycles. The highest BCUT2D eigenvalue weighted by molar-refractivity contribution is 5.73. The molecule has 0 aromatic heterocycles. The van der Waals surface area contributed by atoms with Crippen molar-refractivity contribution in [3.05, 3.63) is 30.1 Å². The van der Waals surface area contributed by atoms with E-state index >= 15 is 0 Å². The van der Waals surface area contributed by atoms with Crippen LogP contribution in [0.4, 0.5) is 4.39 Å². The van der Waals surface area contributed by atoms with Gasteiger partial charge in [-0.1, -0.05) is 12.1 Å². The Labute approximate surface area is 80.1 Å². The van der Waals surface area contributed by atoms with Gasteiger partial charge in [-0.25, -0.2) is 4.39 Å². The quantitative estimate of drug-likeness (QED) is 0.745. The molecule has 5 heteroatoms. The molecule has 3 N–H and O–H groups in total. The third-order valence-electron chi connectivity index (χ3n) is 1.57. The molecule has 76 valence electrons. The largest absolute Gasteiger partial charge is 0.488 e. The van der Waals surface area contributed by atoms with Gasteiger partial charge < -0.3 is 15.6 Å². The Morgan fingerprint density at radius 1 is 1.57 bits per heavy atom. The molecular formula is C9H10FNO3. The molecule has 1 rings (SSSR count). The van der Waals surface area contributed by atoms with E-state index < -0.39 is 17.8 Å². The number of halogens is 1. The molecule has 0 aliphatic carbocycles. The molecule has 0 fully saturated rings. The van der Waals surface area contributed by atoms with E-state index in [9.17, 15) is 9.18 Å². The fourth-order valence-electron chi connectivity index (χ4n) is 0.813. The van der Waals surface area contributed by atoms with Crippen LogP contribution in [-0.4, -0.2) is 23.7 Å². The van der Waals surface area contributed by atoms with Crippen molar-refractivity contribution in [1.29, 1.82) is 0 Å². The number of para-hydroxylation sites is 1. The summed E-state index contributed by atoms with van der Waals surface area (Å²) in [5, 5.41) is 8.43. The van der Waals surface area contributed by atoms with E-state index in [1.807, 2.05) is 0 Å². The van der Waals surface area contributed by atoms with E-state index in [0.717, 1.165) is 0 Å². The third kappa shape index (κ3) is 2.70. The molecule has 1 atom stereocenters. The van der Waals surface area contributed by atoms with Crippen molar-refractivity contribution in [2.75, 3.05) is 6.61 Å². The third-order valence-corrected chi connectivity index (χ3v) is 1.57. The molecule has 1 aromatic rings. The van der Waals surface area contributed by atoms with Gasteiger partial charge in [0.2, 0.25) is 0 Å². The first kappa shape index (κ1) is 10.5. The lowest BCUT2D eigenvalue weighted by Crippen LogP contribution is -2.36. The second kappa shape index (κ2) is 4.57. The lowest BCUT2D eigenvalue weighted by molar-refractivity contribution is -0.139. The van der Waals surface area contributed by atoms with E-state index in [-0.39, 0.29) is 12.4 Å². The number of hydrogen-bond donors (Lipinski definition) is 2. The normalized spacial score (nSPS) is 12.1. The Morgan fingerprint density at radius 3 is 2.79 bits per heavy atom. The number of benzene rings is 1. The first-order valence-corrected chi connectivity index (χ1v) is 3.97. The average Bonchev–Trinajstić information content (AvgIpc) is 2.16. The van der Waals surface area contributed by atoms with E-state index in [1.165, 1.54) is 18.2 Å². The number of carboxylic acids is 1. The zero-order valence-electron chi connectivity index (χ0n) is 7.31. The lowest BCUT2D eigenvalue weighted by atomic mass is 10.3. The molecule has 0 saturated carbocycles. The van der Waals surface area contributed by atoms with Crippen LogP contribution in [0.5, 0.6) is 5.75 Å². The molecule has 1 aromatic carbocycles.